The number of nitrogens with zero attached hydrogens (tertiary/aromatic N) is 2. The number of rotatable bonds is 4. The number of ether oxygens (including phenoxy) is 2. The summed E-state index contributed by atoms with van der Waals surface area (Å²) < 4.78 is 57.8. The number of nitrogens with one attached hydrogen (secondary N) is 1. The summed E-state index contributed by atoms with van der Waals surface area (Å²) in [5, 5.41) is -0.666. The molecule has 3 heterocycles. The number of likely N-dealkylation sites (N-methyl/N-ethyl adjacent to an activating group) is 1. The SMILES string of the molecule is C[C@@H]1[C@@H](C)S(=O)(=O)NC(=O)c2ccc3c(c2)N(Cc2ccc(Cl)c(F)c2CCCCO3)C[C@@H]2CC[C@H]2[C@@H](OCCN(C)C)C2=C[C@H]1C2. The molecule has 1 fully saturated rings. The van der Waals surface area contributed by atoms with Crippen molar-refractivity contribution in [2.45, 2.75) is 70.3 Å². The lowest BCUT2D eigenvalue weighted by atomic mass is 9.64. The number of carbonyl (C=O) groups is 1. The summed E-state index contributed by atoms with van der Waals surface area (Å²) in [5.74, 6) is 0.0380. The Morgan fingerprint density at radius 2 is 1.94 bits per heavy atom. The zero-order chi connectivity index (χ0) is 33.5. The maximum atomic E-state index is 15.5. The van der Waals surface area contributed by atoms with Gasteiger partial charge in [0.05, 0.1) is 35.3 Å². The van der Waals surface area contributed by atoms with Gasteiger partial charge in [-0.05, 0) is 124 Å². The van der Waals surface area contributed by atoms with Crippen LogP contribution < -0.4 is 14.4 Å². The molecule has 6 atom stereocenters. The van der Waals surface area contributed by atoms with Crippen molar-refractivity contribution in [2.24, 2.45) is 23.7 Å². The van der Waals surface area contributed by atoms with Gasteiger partial charge in [0.15, 0.2) is 0 Å². The van der Waals surface area contributed by atoms with E-state index in [4.69, 9.17) is 21.1 Å². The van der Waals surface area contributed by atoms with Crippen LogP contribution in [0.5, 0.6) is 5.75 Å². The lowest BCUT2D eigenvalue weighted by molar-refractivity contribution is -0.0300. The maximum absolute atomic E-state index is 15.5. The third kappa shape index (κ3) is 7.21. The van der Waals surface area contributed by atoms with Gasteiger partial charge in [0, 0.05) is 25.2 Å². The first-order valence-electron chi connectivity index (χ1n) is 16.9. The molecule has 11 heteroatoms. The van der Waals surface area contributed by atoms with E-state index in [9.17, 15) is 13.2 Å². The number of hydrogen-bond acceptors (Lipinski definition) is 7. The zero-order valence-corrected chi connectivity index (χ0v) is 29.4. The van der Waals surface area contributed by atoms with Crippen molar-refractivity contribution in [1.82, 2.24) is 9.62 Å². The van der Waals surface area contributed by atoms with Crippen LogP contribution in [0, 0.1) is 29.5 Å². The molecule has 0 aromatic heterocycles. The van der Waals surface area contributed by atoms with E-state index in [1.165, 1.54) is 5.57 Å². The molecule has 7 rings (SSSR count). The Morgan fingerprint density at radius 3 is 2.66 bits per heavy atom. The second-order valence-electron chi connectivity index (χ2n) is 14.1. The van der Waals surface area contributed by atoms with E-state index in [-0.39, 0.29) is 40.3 Å². The second kappa shape index (κ2) is 14.1. The van der Waals surface area contributed by atoms with Crippen LogP contribution in [0.2, 0.25) is 5.02 Å². The van der Waals surface area contributed by atoms with Gasteiger partial charge in [0.1, 0.15) is 11.6 Å². The van der Waals surface area contributed by atoms with E-state index in [0.29, 0.717) is 62.1 Å². The normalized spacial score (nSPS) is 29.1. The molecule has 1 N–H and O–H groups in total. The van der Waals surface area contributed by atoms with Crippen LogP contribution in [-0.4, -0.2) is 71.0 Å². The van der Waals surface area contributed by atoms with Crippen molar-refractivity contribution in [1.29, 1.82) is 0 Å². The second-order valence-corrected chi connectivity index (χ2v) is 16.6. The molecule has 5 aliphatic rings. The fourth-order valence-electron chi connectivity index (χ4n) is 7.46. The van der Waals surface area contributed by atoms with Crippen LogP contribution in [0.15, 0.2) is 42.0 Å². The lowest BCUT2D eigenvalue weighted by Gasteiger charge is -2.48. The lowest BCUT2D eigenvalue weighted by Crippen LogP contribution is -2.48. The first kappa shape index (κ1) is 34.2. The molecular formula is C36H47ClFN3O5S. The number of allylic oxidation sites excluding steroid dienone is 1. The summed E-state index contributed by atoms with van der Waals surface area (Å²) in [4.78, 5) is 17.8. The fourth-order valence-corrected chi connectivity index (χ4v) is 8.97. The molecule has 0 unspecified atom stereocenters. The summed E-state index contributed by atoms with van der Waals surface area (Å²) in [6, 6.07) is 8.61. The minimum atomic E-state index is -3.97. The Morgan fingerprint density at radius 1 is 1.15 bits per heavy atom. The van der Waals surface area contributed by atoms with E-state index in [1.807, 2.05) is 27.1 Å². The van der Waals surface area contributed by atoms with E-state index in [2.05, 4.69) is 20.6 Å². The Labute approximate surface area is 283 Å². The highest BCUT2D eigenvalue weighted by Crippen LogP contribution is 2.47. The van der Waals surface area contributed by atoms with Crippen LogP contribution in [0.4, 0.5) is 10.1 Å². The van der Waals surface area contributed by atoms with Gasteiger partial charge in [-0.1, -0.05) is 30.7 Å². The molecule has 47 heavy (non-hydrogen) atoms. The monoisotopic (exact) mass is 687 g/mol. The van der Waals surface area contributed by atoms with Gasteiger partial charge in [-0.2, -0.15) is 0 Å². The van der Waals surface area contributed by atoms with Crippen molar-refractivity contribution in [3.8, 4) is 5.75 Å². The van der Waals surface area contributed by atoms with Crippen LogP contribution in [0.1, 0.15) is 67.4 Å². The highest BCUT2D eigenvalue weighted by Gasteiger charge is 2.44. The average Bonchev–Trinajstić information content (AvgIpc) is 3.02. The van der Waals surface area contributed by atoms with Gasteiger partial charge in [-0.25, -0.2) is 17.5 Å². The molecule has 1 amide bonds. The third-order valence-corrected chi connectivity index (χ3v) is 13.0. The van der Waals surface area contributed by atoms with Crippen LogP contribution in [-0.2, 0) is 27.7 Å². The van der Waals surface area contributed by atoms with Gasteiger partial charge >= 0.3 is 0 Å². The standard InChI is InChI=1S/C36H47ClFN3O5S/c1-22-23(2)47(43,44)39-36(42)24-10-13-33-32(19-24)41(20-25-9-12-31(37)34(38)29(25)7-5-6-15-45-33)21-26-8-11-30(26)35(28-17-27(22)18-28)46-16-14-40(3)4/h9-10,12-13,17,19,22-23,26-27,30,35H,5-8,11,14-16,18,20-21H2,1-4H3,(H,39,42)/t22-,23-,26+,27+,30-,35+/m1/s1. The Balaban J connectivity index is 1.44. The predicted octanol–water partition coefficient (Wildman–Crippen LogP) is 6.22. The van der Waals surface area contributed by atoms with Gasteiger partial charge < -0.3 is 19.3 Å². The van der Waals surface area contributed by atoms with Crippen LogP contribution in [0.3, 0.4) is 0 Å². The number of anilines is 1. The highest BCUT2D eigenvalue weighted by atomic mass is 35.5. The molecule has 1 saturated carbocycles. The molecule has 256 valence electrons. The van der Waals surface area contributed by atoms with E-state index >= 15 is 4.39 Å². The van der Waals surface area contributed by atoms with E-state index < -0.39 is 21.2 Å². The molecule has 2 aliphatic carbocycles. The number of hydrogen-bond donors (Lipinski definition) is 1. The molecule has 2 aromatic carbocycles. The molecule has 4 bridgehead atoms. The molecule has 8 nitrogen and oxygen atoms in total. The third-order valence-electron chi connectivity index (χ3n) is 10.9. The summed E-state index contributed by atoms with van der Waals surface area (Å²) in [6.45, 7) is 6.50. The molecular weight excluding hydrogens is 641 g/mol. The summed E-state index contributed by atoms with van der Waals surface area (Å²) >= 11 is 6.26. The maximum Gasteiger partial charge on any atom is 0.264 e. The number of sulfonamides is 1. The van der Waals surface area contributed by atoms with Gasteiger partial charge in [0.25, 0.3) is 5.91 Å². The van der Waals surface area contributed by atoms with Crippen molar-refractivity contribution in [3.63, 3.8) is 0 Å². The number of fused-ring (bicyclic) bond motifs is 5. The zero-order valence-electron chi connectivity index (χ0n) is 27.8. The topological polar surface area (TPSA) is 88.2 Å². The first-order valence-corrected chi connectivity index (χ1v) is 18.9. The van der Waals surface area contributed by atoms with E-state index in [0.717, 1.165) is 37.8 Å². The summed E-state index contributed by atoms with van der Waals surface area (Å²) in [7, 11) is 0.101. The quantitative estimate of drug-likeness (QED) is 0.382. The van der Waals surface area contributed by atoms with Crippen molar-refractivity contribution >= 4 is 33.2 Å². The van der Waals surface area contributed by atoms with Crippen molar-refractivity contribution in [2.75, 3.05) is 45.3 Å². The molecule has 0 saturated heterocycles. The number of amides is 1. The minimum Gasteiger partial charge on any atom is -0.491 e. The number of benzene rings is 2. The average molecular weight is 688 g/mol. The molecule has 3 aliphatic heterocycles. The smallest absolute Gasteiger partial charge is 0.264 e. The minimum absolute atomic E-state index is 0.0498. The molecule has 0 radical (unpaired) electrons. The summed E-state index contributed by atoms with van der Waals surface area (Å²) in [6.07, 6.45) is 6.99. The highest BCUT2D eigenvalue weighted by molar-refractivity contribution is 7.90. The number of carbonyl (C=O) groups excluding carboxylic acids is 1. The number of halogens is 2. The Bertz CT molecular complexity index is 1630. The Kier molecular flexibility index (Phi) is 10.2. The molecule has 2 aromatic rings. The van der Waals surface area contributed by atoms with Gasteiger partial charge in [-0.15, -0.1) is 0 Å². The largest absolute Gasteiger partial charge is 0.491 e. The van der Waals surface area contributed by atoms with Gasteiger partial charge in [0.2, 0.25) is 10.0 Å². The summed E-state index contributed by atoms with van der Waals surface area (Å²) in [5.41, 5.74) is 3.60. The van der Waals surface area contributed by atoms with Crippen LogP contribution in [0.25, 0.3) is 0 Å². The van der Waals surface area contributed by atoms with Gasteiger partial charge in [-0.3, -0.25) is 4.79 Å². The van der Waals surface area contributed by atoms with Crippen LogP contribution >= 0.6 is 11.6 Å². The Hall–Kier alpha value is -2.66. The fraction of sp³-hybridized carbons (Fsp3) is 0.583. The van der Waals surface area contributed by atoms with E-state index in [1.54, 1.807) is 31.2 Å². The predicted molar refractivity (Wildman–Crippen MR) is 183 cm³/mol. The molecule has 0 spiro atoms. The van der Waals surface area contributed by atoms with Crippen molar-refractivity contribution < 1.29 is 27.1 Å². The van der Waals surface area contributed by atoms with Crippen molar-refractivity contribution in [3.05, 3.63) is 69.5 Å². The first-order chi connectivity index (χ1) is 22.4.